The molecule has 2 aliphatic heterocycles. The Hall–Kier alpha value is -0.370. The van der Waals surface area contributed by atoms with Gasteiger partial charge in [-0.25, -0.2) is 0 Å². The first kappa shape index (κ1) is 14.0. The molecule has 0 radical (unpaired) electrons. The Morgan fingerprint density at radius 3 is 2.64 bits per heavy atom. The van der Waals surface area contributed by atoms with Crippen molar-refractivity contribution < 1.29 is 9.53 Å². The molecule has 2 heteroatoms. The Kier molecular flexibility index (Phi) is 2.33. The van der Waals surface area contributed by atoms with Crippen molar-refractivity contribution >= 4 is 5.78 Å². The van der Waals surface area contributed by atoms with Crippen LogP contribution >= 0.6 is 0 Å². The lowest BCUT2D eigenvalue weighted by atomic mass is 9.40. The average molecular weight is 302 g/mol. The fraction of sp³-hybridized carbons (Fsp3) is 0.950. The van der Waals surface area contributed by atoms with Crippen LogP contribution in [0.4, 0.5) is 0 Å². The minimum Gasteiger partial charge on any atom is -0.371 e. The lowest BCUT2D eigenvalue weighted by Gasteiger charge is -2.65. The highest BCUT2D eigenvalue weighted by Gasteiger charge is 2.74. The fourth-order valence-corrected chi connectivity index (χ4v) is 8.47. The maximum atomic E-state index is 12.5. The quantitative estimate of drug-likeness (QED) is 0.664. The molecule has 6 rings (SSSR count). The molecule has 22 heavy (non-hydrogen) atoms. The summed E-state index contributed by atoms with van der Waals surface area (Å²) in [6.07, 6.45) is 8.98. The van der Waals surface area contributed by atoms with Crippen LogP contribution in [0.25, 0.3) is 0 Å². The highest BCUT2D eigenvalue weighted by atomic mass is 16.5. The highest BCUT2D eigenvalue weighted by molar-refractivity contribution is 5.85. The summed E-state index contributed by atoms with van der Waals surface area (Å²) < 4.78 is 6.63. The van der Waals surface area contributed by atoms with E-state index in [9.17, 15) is 4.79 Å². The molecule has 0 amide bonds. The van der Waals surface area contributed by atoms with Gasteiger partial charge in [-0.15, -0.1) is 0 Å². The number of rotatable bonds is 0. The number of ketones is 1. The van der Waals surface area contributed by atoms with Gasteiger partial charge in [0.1, 0.15) is 5.78 Å². The second kappa shape index (κ2) is 3.66. The van der Waals surface area contributed by atoms with Crippen LogP contribution in [0.15, 0.2) is 0 Å². The van der Waals surface area contributed by atoms with Crippen LogP contribution in [0, 0.1) is 34.0 Å². The first-order chi connectivity index (χ1) is 10.2. The second-order valence-corrected chi connectivity index (χ2v) is 10.4. The smallest absolute Gasteiger partial charge is 0.138 e. The molecule has 0 aromatic carbocycles. The van der Waals surface area contributed by atoms with E-state index in [0.717, 1.165) is 18.8 Å². The predicted molar refractivity (Wildman–Crippen MR) is 85.4 cm³/mol. The highest BCUT2D eigenvalue weighted by Crippen LogP contribution is 2.76. The van der Waals surface area contributed by atoms with Crippen LogP contribution < -0.4 is 0 Å². The summed E-state index contributed by atoms with van der Waals surface area (Å²) in [6.45, 7) is 9.35. The van der Waals surface area contributed by atoms with E-state index >= 15 is 0 Å². The van der Waals surface area contributed by atoms with E-state index in [2.05, 4.69) is 27.7 Å². The summed E-state index contributed by atoms with van der Waals surface area (Å²) in [5.41, 5.74) is 0.917. The Bertz CT molecular complexity index is 566. The summed E-state index contributed by atoms with van der Waals surface area (Å²) in [5, 5.41) is 0. The fourth-order valence-electron chi connectivity index (χ4n) is 8.47. The molecular formula is C20H30O2. The van der Waals surface area contributed by atoms with Gasteiger partial charge in [-0.2, -0.15) is 0 Å². The van der Waals surface area contributed by atoms with Crippen molar-refractivity contribution in [2.75, 3.05) is 0 Å². The zero-order valence-corrected chi connectivity index (χ0v) is 14.6. The topological polar surface area (TPSA) is 26.3 Å². The maximum Gasteiger partial charge on any atom is 0.138 e. The molecular weight excluding hydrogens is 272 g/mol. The Morgan fingerprint density at radius 2 is 1.91 bits per heavy atom. The van der Waals surface area contributed by atoms with Gasteiger partial charge in [0.05, 0.1) is 11.7 Å². The van der Waals surface area contributed by atoms with E-state index in [4.69, 9.17) is 4.74 Å². The Morgan fingerprint density at radius 1 is 1.14 bits per heavy atom. The number of ether oxygens (including phenoxy) is 1. The van der Waals surface area contributed by atoms with Crippen molar-refractivity contribution in [3.8, 4) is 0 Å². The SMILES string of the molecule is CC1(C)C(=O)CC[C@@]2(C)[C@@H]1CC[C@]13C[C@@H]4CC(O[C@]4(C)C1)[C@H]32. The molecule has 2 nitrogen and oxygen atoms in total. The normalized spacial score (nSPS) is 61.2. The van der Waals surface area contributed by atoms with Gasteiger partial charge in [0.25, 0.3) is 0 Å². The van der Waals surface area contributed by atoms with E-state index in [-0.39, 0.29) is 11.0 Å². The van der Waals surface area contributed by atoms with Crippen LogP contribution in [0.5, 0.6) is 0 Å². The van der Waals surface area contributed by atoms with Crippen molar-refractivity contribution in [3.63, 3.8) is 0 Å². The molecule has 0 aromatic rings. The lowest BCUT2D eigenvalue weighted by Crippen LogP contribution is -2.62. The number of hydrogen-bond donors (Lipinski definition) is 0. The van der Waals surface area contributed by atoms with Crippen LogP contribution in [0.1, 0.15) is 72.6 Å². The van der Waals surface area contributed by atoms with E-state index < -0.39 is 0 Å². The third-order valence-corrected chi connectivity index (χ3v) is 9.11. The summed E-state index contributed by atoms with van der Waals surface area (Å²) in [4.78, 5) is 12.5. The minimum atomic E-state index is -0.128. The maximum absolute atomic E-state index is 12.5. The van der Waals surface area contributed by atoms with E-state index in [0.29, 0.717) is 34.6 Å². The molecule has 1 spiro atoms. The number of Topliss-reactive ketones (excluding diaryl/α,β-unsaturated/α-hetero) is 1. The van der Waals surface area contributed by atoms with Crippen LogP contribution in [-0.4, -0.2) is 17.5 Å². The summed E-state index contributed by atoms with van der Waals surface area (Å²) >= 11 is 0. The van der Waals surface area contributed by atoms with Gasteiger partial charge in [-0.05, 0) is 74.0 Å². The summed E-state index contributed by atoms with van der Waals surface area (Å²) in [5.74, 6) is 2.58. The number of fused-ring (bicyclic) bond motifs is 1. The van der Waals surface area contributed by atoms with Gasteiger partial charge in [0, 0.05) is 11.8 Å². The van der Waals surface area contributed by atoms with Crippen LogP contribution in [0.2, 0.25) is 0 Å². The minimum absolute atomic E-state index is 0.128. The standard InChI is InChI=1S/C20H30O2/c1-17(2)14-5-8-20-10-12-9-13(22-19(12,4)11-20)16(20)18(14,3)7-6-15(17)21/h12-14,16H,5-11H2,1-4H3/t12-,13?,14+,16-,18-,19+,20-/m0/s1. The molecule has 0 N–H and O–H groups in total. The number of carbonyl (C=O) groups excluding carboxylic acids is 1. The molecule has 122 valence electrons. The molecule has 6 fully saturated rings. The van der Waals surface area contributed by atoms with Gasteiger partial charge < -0.3 is 4.74 Å². The average Bonchev–Trinajstić information content (AvgIpc) is 2.76. The van der Waals surface area contributed by atoms with Gasteiger partial charge >= 0.3 is 0 Å². The zero-order valence-electron chi connectivity index (χ0n) is 14.6. The van der Waals surface area contributed by atoms with Gasteiger partial charge in [-0.3, -0.25) is 4.79 Å². The van der Waals surface area contributed by atoms with Gasteiger partial charge in [0.15, 0.2) is 0 Å². The Balaban J connectivity index is 1.61. The van der Waals surface area contributed by atoms with Gasteiger partial charge in [-0.1, -0.05) is 20.8 Å². The van der Waals surface area contributed by atoms with Crippen molar-refractivity contribution in [1.29, 1.82) is 0 Å². The molecule has 2 saturated heterocycles. The molecule has 4 aliphatic carbocycles. The first-order valence-electron chi connectivity index (χ1n) is 9.42. The third-order valence-electron chi connectivity index (χ3n) is 9.11. The van der Waals surface area contributed by atoms with Crippen molar-refractivity contribution in [1.82, 2.24) is 0 Å². The van der Waals surface area contributed by atoms with Gasteiger partial charge in [0.2, 0.25) is 0 Å². The molecule has 2 heterocycles. The molecule has 1 unspecified atom stereocenters. The molecule has 0 aromatic heterocycles. The van der Waals surface area contributed by atoms with Crippen LogP contribution in [0.3, 0.4) is 0 Å². The molecule has 7 atom stereocenters. The number of carbonyl (C=O) groups is 1. The number of hydrogen-bond acceptors (Lipinski definition) is 2. The Labute approximate surface area is 134 Å². The van der Waals surface area contributed by atoms with Crippen molar-refractivity contribution in [3.05, 3.63) is 0 Å². The van der Waals surface area contributed by atoms with E-state index in [1.165, 1.54) is 32.1 Å². The predicted octanol–water partition coefficient (Wildman–Crippen LogP) is 4.37. The zero-order chi connectivity index (χ0) is 15.5. The van der Waals surface area contributed by atoms with Crippen molar-refractivity contribution in [2.24, 2.45) is 34.0 Å². The monoisotopic (exact) mass is 302 g/mol. The molecule has 4 bridgehead atoms. The lowest BCUT2D eigenvalue weighted by molar-refractivity contribution is -0.222. The molecule has 4 saturated carbocycles. The van der Waals surface area contributed by atoms with Crippen molar-refractivity contribution in [2.45, 2.75) is 84.3 Å². The first-order valence-corrected chi connectivity index (χ1v) is 9.42. The molecule has 6 aliphatic rings. The van der Waals surface area contributed by atoms with Crippen LogP contribution in [-0.2, 0) is 9.53 Å². The second-order valence-electron chi connectivity index (χ2n) is 10.4. The van der Waals surface area contributed by atoms with E-state index in [1.54, 1.807) is 0 Å². The summed E-state index contributed by atoms with van der Waals surface area (Å²) in [7, 11) is 0. The summed E-state index contributed by atoms with van der Waals surface area (Å²) in [6, 6.07) is 0. The third kappa shape index (κ3) is 1.33. The largest absolute Gasteiger partial charge is 0.371 e. The van der Waals surface area contributed by atoms with E-state index in [1.807, 2.05) is 0 Å².